The van der Waals surface area contributed by atoms with E-state index < -0.39 is 70.3 Å². The summed E-state index contributed by atoms with van der Waals surface area (Å²) in [5.74, 6) is -6.63. The van der Waals surface area contributed by atoms with Gasteiger partial charge in [-0.2, -0.15) is 0 Å². The van der Waals surface area contributed by atoms with E-state index >= 15 is 0 Å². The Kier molecular flexibility index (Phi) is 6.34. The van der Waals surface area contributed by atoms with Crippen LogP contribution in [0.5, 0.6) is 0 Å². The van der Waals surface area contributed by atoms with E-state index in [1.807, 2.05) is 0 Å². The van der Waals surface area contributed by atoms with Crippen molar-refractivity contribution in [1.29, 1.82) is 0 Å². The SMILES string of the molecule is O=C(Cc1c(F)cccc1F)Nc1cc(C(=O)NC2CCCNC2=O)c(F)cc1F. The second-order valence-corrected chi connectivity index (χ2v) is 6.70. The molecule has 3 amide bonds. The lowest BCUT2D eigenvalue weighted by atomic mass is 10.1. The van der Waals surface area contributed by atoms with Crippen molar-refractivity contribution in [2.24, 2.45) is 0 Å². The van der Waals surface area contributed by atoms with E-state index in [4.69, 9.17) is 0 Å². The van der Waals surface area contributed by atoms with Gasteiger partial charge < -0.3 is 16.0 Å². The van der Waals surface area contributed by atoms with Crippen LogP contribution in [0.1, 0.15) is 28.8 Å². The Morgan fingerprint density at radius 3 is 2.40 bits per heavy atom. The van der Waals surface area contributed by atoms with Crippen molar-refractivity contribution in [1.82, 2.24) is 10.6 Å². The molecule has 1 heterocycles. The normalized spacial score (nSPS) is 16.0. The number of carbonyl (C=O) groups is 3. The Morgan fingerprint density at radius 2 is 1.73 bits per heavy atom. The first-order valence-corrected chi connectivity index (χ1v) is 9.06. The summed E-state index contributed by atoms with van der Waals surface area (Å²) in [7, 11) is 0. The molecular formula is C20H17F4N3O3. The van der Waals surface area contributed by atoms with E-state index in [0.717, 1.165) is 24.3 Å². The van der Waals surface area contributed by atoms with Gasteiger partial charge in [0.1, 0.15) is 29.3 Å². The molecule has 0 spiro atoms. The summed E-state index contributed by atoms with van der Waals surface area (Å²) in [6.45, 7) is 0.467. The van der Waals surface area contributed by atoms with E-state index in [2.05, 4.69) is 16.0 Å². The monoisotopic (exact) mass is 423 g/mol. The van der Waals surface area contributed by atoms with Crippen LogP contribution in [0.4, 0.5) is 23.2 Å². The Balaban J connectivity index is 1.76. The number of hydrogen-bond acceptors (Lipinski definition) is 3. The summed E-state index contributed by atoms with van der Waals surface area (Å²) in [5.41, 5.74) is -1.66. The summed E-state index contributed by atoms with van der Waals surface area (Å²) in [5, 5.41) is 6.99. The van der Waals surface area contributed by atoms with Gasteiger partial charge in [0.15, 0.2) is 0 Å². The predicted molar refractivity (Wildman–Crippen MR) is 98.5 cm³/mol. The number of halogens is 4. The molecule has 3 rings (SSSR count). The molecule has 6 nitrogen and oxygen atoms in total. The number of carbonyl (C=O) groups excluding carboxylic acids is 3. The molecule has 1 unspecified atom stereocenters. The van der Waals surface area contributed by atoms with E-state index in [0.29, 0.717) is 25.5 Å². The second-order valence-electron chi connectivity index (χ2n) is 6.70. The lowest BCUT2D eigenvalue weighted by molar-refractivity contribution is -0.124. The van der Waals surface area contributed by atoms with Crippen molar-refractivity contribution in [2.75, 3.05) is 11.9 Å². The molecule has 1 aliphatic rings. The Hall–Kier alpha value is -3.43. The second kappa shape index (κ2) is 8.93. The predicted octanol–water partition coefficient (Wildman–Crippen LogP) is 2.43. The highest BCUT2D eigenvalue weighted by Gasteiger charge is 2.26. The minimum absolute atomic E-state index is 0.359. The van der Waals surface area contributed by atoms with Gasteiger partial charge in [0.25, 0.3) is 5.91 Å². The number of benzene rings is 2. The standard InChI is InChI=1S/C20H17F4N3O3/c21-12-3-1-4-13(22)10(12)8-18(28)26-17-7-11(14(23)9-15(17)24)19(29)27-16-5-2-6-25-20(16)30/h1,3-4,7,9,16H,2,5-6,8H2,(H,25,30)(H,26,28)(H,27,29). The highest BCUT2D eigenvalue weighted by Crippen LogP contribution is 2.21. The first kappa shape index (κ1) is 21.3. The van der Waals surface area contributed by atoms with Crippen LogP contribution >= 0.6 is 0 Å². The van der Waals surface area contributed by atoms with Crippen LogP contribution in [0.25, 0.3) is 0 Å². The number of nitrogens with one attached hydrogen (secondary N) is 3. The number of rotatable bonds is 5. The smallest absolute Gasteiger partial charge is 0.254 e. The summed E-state index contributed by atoms with van der Waals surface area (Å²) in [6.07, 6.45) is 0.244. The number of hydrogen-bond donors (Lipinski definition) is 3. The molecule has 0 radical (unpaired) electrons. The van der Waals surface area contributed by atoms with Crippen molar-refractivity contribution in [3.8, 4) is 0 Å². The van der Waals surface area contributed by atoms with Crippen LogP contribution < -0.4 is 16.0 Å². The summed E-state index contributed by atoms with van der Waals surface area (Å²) >= 11 is 0. The van der Waals surface area contributed by atoms with E-state index in [-0.39, 0.29) is 0 Å². The average molecular weight is 423 g/mol. The van der Waals surface area contributed by atoms with Crippen LogP contribution in [-0.4, -0.2) is 30.3 Å². The fraction of sp³-hybridized carbons (Fsp3) is 0.250. The Morgan fingerprint density at radius 1 is 1.03 bits per heavy atom. The van der Waals surface area contributed by atoms with Crippen molar-refractivity contribution >= 4 is 23.4 Å². The van der Waals surface area contributed by atoms with Gasteiger partial charge in [-0.3, -0.25) is 14.4 Å². The summed E-state index contributed by atoms with van der Waals surface area (Å²) in [6, 6.07) is 3.36. The maximum atomic E-state index is 14.1. The zero-order chi connectivity index (χ0) is 21.8. The molecule has 0 aliphatic carbocycles. The zero-order valence-electron chi connectivity index (χ0n) is 15.5. The molecule has 2 aromatic rings. The van der Waals surface area contributed by atoms with Gasteiger partial charge in [-0.1, -0.05) is 6.07 Å². The molecule has 1 atom stereocenters. The van der Waals surface area contributed by atoms with E-state index in [9.17, 15) is 31.9 Å². The Labute approximate surface area is 168 Å². The van der Waals surface area contributed by atoms with Crippen LogP contribution in [0.3, 0.4) is 0 Å². The van der Waals surface area contributed by atoms with Crippen LogP contribution in [-0.2, 0) is 16.0 Å². The average Bonchev–Trinajstić information content (AvgIpc) is 2.68. The summed E-state index contributed by atoms with van der Waals surface area (Å²) in [4.78, 5) is 36.2. The first-order chi connectivity index (χ1) is 14.3. The molecule has 158 valence electrons. The van der Waals surface area contributed by atoms with Crippen LogP contribution in [0.15, 0.2) is 30.3 Å². The van der Waals surface area contributed by atoms with Crippen LogP contribution in [0.2, 0.25) is 0 Å². The zero-order valence-corrected chi connectivity index (χ0v) is 15.5. The molecule has 2 aromatic carbocycles. The largest absolute Gasteiger partial charge is 0.354 e. The third-order valence-corrected chi connectivity index (χ3v) is 4.57. The lowest BCUT2D eigenvalue weighted by Crippen LogP contribution is -2.50. The third kappa shape index (κ3) is 4.76. The Bertz CT molecular complexity index is 993. The number of anilines is 1. The van der Waals surface area contributed by atoms with Gasteiger partial charge >= 0.3 is 0 Å². The number of amides is 3. The maximum absolute atomic E-state index is 14.1. The quantitative estimate of drug-likeness (QED) is 0.646. The van der Waals surface area contributed by atoms with Crippen molar-refractivity contribution in [3.63, 3.8) is 0 Å². The summed E-state index contributed by atoms with van der Waals surface area (Å²) < 4.78 is 55.5. The molecule has 1 saturated heterocycles. The minimum atomic E-state index is -1.20. The van der Waals surface area contributed by atoms with Gasteiger partial charge in [-0.25, -0.2) is 17.6 Å². The molecule has 30 heavy (non-hydrogen) atoms. The molecular weight excluding hydrogens is 406 g/mol. The highest BCUT2D eigenvalue weighted by atomic mass is 19.1. The van der Waals surface area contributed by atoms with Gasteiger partial charge in [-0.15, -0.1) is 0 Å². The van der Waals surface area contributed by atoms with Gasteiger partial charge in [0.05, 0.1) is 17.7 Å². The van der Waals surface area contributed by atoms with Gasteiger partial charge in [0.2, 0.25) is 11.8 Å². The molecule has 1 fully saturated rings. The van der Waals surface area contributed by atoms with Crippen molar-refractivity contribution < 1.29 is 31.9 Å². The number of piperidine rings is 1. The van der Waals surface area contributed by atoms with E-state index in [1.165, 1.54) is 0 Å². The molecule has 10 heteroatoms. The minimum Gasteiger partial charge on any atom is -0.354 e. The third-order valence-electron chi connectivity index (χ3n) is 4.57. The van der Waals surface area contributed by atoms with Gasteiger partial charge in [-0.05, 0) is 31.0 Å². The fourth-order valence-corrected chi connectivity index (χ4v) is 3.02. The van der Waals surface area contributed by atoms with Gasteiger partial charge in [0, 0.05) is 18.2 Å². The molecule has 0 aromatic heterocycles. The molecule has 0 saturated carbocycles. The van der Waals surface area contributed by atoms with Crippen molar-refractivity contribution in [3.05, 3.63) is 64.7 Å². The molecule has 3 N–H and O–H groups in total. The fourth-order valence-electron chi connectivity index (χ4n) is 3.02. The lowest BCUT2D eigenvalue weighted by Gasteiger charge is -2.23. The molecule has 0 bridgehead atoms. The maximum Gasteiger partial charge on any atom is 0.254 e. The molecule has 1 aliphatic heterocycles. The topological polar surface area (TPSA) is 87.3 Å². The van der Waals surface area contributed by atoms with E-state index in [1.54, 1.807) is 0 Å². The highest BCUT2D eigenvalue weighted by molar-refractivity contribution is 6.00. The first-order valence-electron chi connectivity index (χ1n) is 9.06. The van der Waals surface area contributed by atoms with Crippen LogP contribution in [0, 0.1) is 23.3 Å². The van der Waals surface area contributed by atoms with Crippen molar-refractivity contribution in [2.45, 2.75) is 25.3 Å².